The predicted octanol–water partition coefficient (Wildman–Crippen LogP) is 3.81. The summed E-state index contributed by atoms with van der Waals surface area (Å²) in [5, 5.41) is 0. The smallest absolute Gasteiger partial charge is 0.123 e. The van der Waals surface area contributed by atoms with Gasteiger partial charge in [0, 0.05) is 6.04 Å². The lowest BCUT2D eigenvalue weighted by molar-refractivity contribution is 0.305. The van der Waals surface area contributed by atoms with Gasteiger partial charge in [-0.25, -0.2) is 4.39 Å². The van der Waals surface area contributed by atoms with E-state index in [4.69, 9.17) is 10.5 Å². The van der Waals surface area contributed by atoms with Gasteiger partial charge in [0.25, 0.3) is 0 Å². The van der Waals surface area contributed by atoms with E-state index in [-0.39, 0.29) is 11.9 Å². The van der Waals surface area contributed by atoms with Crippen LogP contribution >= 0.6 is 0 Å². The fraction of sp³-hybridized carbons (Fsp3) is 0.250. The molecule has 3 heteroatoms. The van der Waals surface area contributed by atoms with Gasteiger partial charge in [0.1, 0.15) is 18.2 Å². The van der Waals surface area contributed by atoms with E-state index in [1.807, 2.05) is 30.3 Å². The summed E-state index contributed by atoms with van der Waals surface area (Å²) >= 11 is 0. The van der Waals surface area contributed by atoms with Crippen molar-refractivity contribution in [1.82, 2.24) is 0 Å². The van der Waals surface area contributed by atoms with Crippen molar-refractivity contribution >= 4 is 0 Å². The highest BCUT2D eigenvalue weighted by molar-refractivity contribution is 5.29. The third-order valence-corrected chi connectivity index (χ3v) is 3.04. The van der Waals surface area contributed by atoms with E-state index in [9.17, 15) is 4.39 Å². The first-order valence-electron chi connectivity index (χ1n) is 6.42. The van der Waals surface area contributed by atoms with Crippen LogP contribution in [0.1, 0.15) is 30.5 Å². The van der Waals surface area contributed by atoms with Gasteiger partial charge < -0.3 is 10.5 Å². The number of hydrogen-bond donors (Lipinski definition) is 1. The lowest BCUT2D eigenvalue weighted by atomic mass is 10.1. The molecule has 19 heavy (non-hydrogen) atoms. The molecular formula is C16H18FNO. The number of hydrogen-bond acceptors (Lipinski definition) is 2. The first-order chi connectivity index (χ1) is 9.19. The molecule has 0 aromatic heterocycles. The molecule has 0 radical (unpaired) electrons. The summed E-state index contributed by atoms with van der Waals surface area (Å²) in [7, 11) is 0. The normalized spacial score (nSPS) is 12.2. The lowest BCUT2D eigenvalue weighted by Gasteiger charge is -2.11. The average Bonchev–Trinajstić information content (AvgIpc) is 2.45. The van der Waals surface area contributed by atoms with Gasteiger partial charge in [0.05, 0.1) is 0 Å². The number of nitrogens with two attached hydrogens (primary N) is 1. The van der Waals surface area contributed by atoms with Crippen LogP contribution in [-0.2, 0) is 6.61 Å². The molecule has 2 aromatic rings. The first-order valence-corrected chi connectivity index (χ1v) is 6.42. The van der Waals surface area contributed by atoms with Gasteiger partial charge in [-0.05, 0) is 41.8 Å². The van der Waals surface area contributed by atoms with Crippen LogP contribution in [0.3, 0.4) is 0 Å². The fourth-order valence-electron chi connectivity index (χ4n) is 1.84. The molecule has 0 spiro atoms. The van der Waals surface area contributed by atoms with Gasteiger partial charge in [-0.3, -0.25) is 0 Å². The highest BCUT2D eigenvalue weighted by atomic mass is 19.1. The molecular weight excluding hydrogens is 241 g/mol. The fourth-order valence-corrected chi connectivity index (χ4v) is 1.84. The second-order valence-corrected chi connectivity index (χ2v) is 4.50. The van der Waals surface area contributed by atoms with E-state index in [1.165, 1.54) is 12.1 Å². The minimum Gasteiger partial charge on any atom is -0.489 e. The Morgan fingerprint density at radius 1 is 1.16 bits per heavy atom. The maximum atomic E-state index is 13.0. The van der Waals surface area contributed by atoms with Crippen LogP contribution in [-0.4, -0.2) is 0 Å². The largest absolute Gasteiger partial charge is 0.489 e. The lowest BCUT2D eigenvalue weighted by Crippen LogP contribution is -2.08. The first kappa shape index (κ1) is 13.6. The van der Waals surface area contributed by atoms with Gasteiger partial charge >= 0.3 is 0 Å². The Labute approximate surface area is 113 Å². The Morgan fingerprint density at radius 2 is 1.89 bits per heavy atom. The monoisotopic (exact) mass is 259 g/mol. The third kappa shape index (κ3) is 3.80. The summed E-state index contributed by atoms with van der Waals surface area (Å²) < 4.78 is 18.6. The zero-order valence-electron chi connectivity index (χ0n) is 11.0. The number of ether oxygens (including phenoxy) is 1. The van der Waals surface area contributed by atoms with E-state index < -0.39 is 0 Å². The van der Waals surface area contributed by atoms with Crippen LogP contribution in [0.5, 0.6) is 5.75 Å². The Bertz CT molecular complexity index is 525. The van der Waals surface area contributed by atoms with Crippen LogP contribution in [0.4, 0.5) is 4.39 Å². The van der Waals surface area contributed by atoms with E-state index in [1.54, 1.807) is 6.07 Å². The molecule has 0 heterocycles. The zero-order valence-corrected chi connectivity index (χ0v) is 11.0. The molecule has 0 aliphatic heterocycles. The topological polar surface area (TPSA) is 35.2 Å². The number of benzene rings is 2. The summed E-state index contributed by atoms with van der Waals surface area (Å²) in [5.74, 6) is 0.515. The second-order valence-electron chi connectivity index (χ2n) is 4.50. The van der Waals surface area contributed by atoms with Gasteiger partial charge in [-0.2, -0.15) is 0 Å². The summed E-state index contributed by atoms with van der Waals surface area (Å²) in [6, 6.07) is 14.2. The van der Waals surface area contributed by atoms with Crippen molar-refractivity contribution in [3.05, 3.63) is 65.5 Å². The van der Waals surface area contributed by atoms with Crippen LogP contribution in [0.2, 0.25) is 0 Å². The molecule has 0 bridgehead atoms. The summed E-state index contributed by atoms with van der Waals surface area (Å²) in [6.07, 6.45) is 0.906. The average molecular weight is 259 g/mol. The Kier molecular flexibility index (Phi) is 4.53. The highest BCUT2D eigenvalue weighted by Crippen LogP contribution is 2.19. The maximum absolute atomic E-state index is 13.0. The van der Waals surface area contributed by atoms with Crippen LogP contribution in [0.15, 0.2) is 48.5 Å². The van der Waals surface area contributed by atoms with E-state index in [0.717, 1.165) is 23.3 Å². The van der Waals surface area contributed by atoms with Gasteiger partial charge in [0.2, 0.25) is 0 Å². The van der Waals surface area contributed by atoms with Crippen LogP contribution in [0, 0.1) is 5.82 Å². The van der Waals surface area contributed by atoms with Crippen molar-refractivity contribution in [3.8, 4) is 5.75 Å². The Morgan fingerprint density at radius 3 is 2.53 bits per heavy atom. The summed E-state index contributed by atoms with van der Waals surface area (Å²) in [6.45, 7) is 2.41. The van der Waals surface area contributed by atoms with Crippen molar-refractivity contribution in [2.45, 2.75) is 26.0 Å². The molecule has 0 saturated carbocycles. The van der Waals surface area contributed by atoms with Crippen molar-refractivity contribution in [3.63, 3.8) is 0 Å². The molecule has 0 fully saturated rings. The molecule has 2 nitrogen and oxygen atoms in total. The zero-order chi connectivity index (χ0) is 13.7. The molecule has 2 aromatic carbocycles. The van der Waals surface area contributed by atoms with Crippen LogP contribution < -0.4 is 10.5 Å². The van der Waals surface area contributed by atoms with Crippen LogP contribution in [0.25, 0.3) is 0 Å². The third-order valence-electron chi connectivity index (χ3n) is 3.04. The van der Waals surface area contributed by atoms with Gasteiger partial charge in [-0.15, -0.1) is 0 Å². The number of halogens is 1. The van der Waals surface area contributed by atoms with Crippen molar-refractivity contribution in [2.24, 2.45) is 5.73 Å². The molecule has 0 aliphatic rings. The highest BCUT2D eigenvalue weighted by Gasteiger charge is 2.03. The Hall–Kier alpha value is -1.87. The Balaban J connectivity index is 1.96. The molecule has 0 amide bonds. The minimum absolute atomic E-state index is 0.0669. The molecule has 2 rings (SSSR count). The molecule has 1 atom stereocenters. The van der Waals surface area contributed by atoms with Crippen molar-refractivity contribution < 1.29 is 9.13 Å². The quantitative estimate of drug-likeness (QED) is 0.886. The van der Waals surface area contributed by atoms with E-state index >= 15 is 0 Å². The minimum atomic E-state index is -0.245. The molecule has 0 aliphatic carbocycles. The molecule has 100 valence electrons. The molecule has 2 N–H and O–H groups in total. The standard InChI is InChI=1S/C16H18FNO/c1-2-16(18)13-6-8-15(9-7-13)19-11-12-4-3-5-14(17)10-12/h3-10,16H,2,11,18H2,1H3/t16-/m0/s1. The predicted molar refractivity (Wildman–Crippen MR) is 74.4 cm³/mol. The van der Waals surface area contributed by atoms with Crippen molar-refractivity contribution in [2.75, 3.05) is 0 Å². The van der Waals surface area contributed by atoms with E-state index in [0.29, 0.717) is 6.61 Å². The second kappa shape index (κ2) is 6.34. The molecule has 0 saturated heterocycles. The SMILES string of the molecule is CC[C@H](N)c1ccc(OCc2cccc(F)c2)cc1. The molecule has 0 unspecified atom stereocenters. The summed E-state index contributed by atoms with van der Waals surface area (Å²) in [5.41, 5.74) is 7.86. The van der Waals surface area contributed by atoms with Crippen molar-refractivity contribution in [1.29, 1.82) is 0 Å². The van der Waals surface area contributed by atoms with Gasteiger partial charge in [0.15, 0.2) is 0 Å². The maximum Gasteiger partial charge on any atom is 0.123 e. The summed E-state index contributed by atoms with van der Waals surface area (Å²) in [4.78, 5) is 0. The van der Waals surface area contributed by atoms with Gasteiger partial charge in [-0.1, -0.05) is 31.2 Å². The van der Waals surface area contributed by atoms with E-state index in [2.05, 4.69) is 6.92 Å². The number of rotatable bonds is 5.